The Morgan fingerprint density at radius 3 is 2.83 bits per heavy atom. The third-order valence-corrected chi connectivity index (χ3v) is 1.88. The van der Waals surface area contributed by atoms with Crippen LogP contribution in [0, 0.1) is 0 Å². The highest BCUT2D eigenvalue weighted by Gasteiger charge is 2.19. The van der Waals surface area contributed by atoms with Gasteiger partial charge in [-0.3, -0.25) is 0 Å². The number of hydrogen-bond acceptors (Lipinski definition) is 4. The molecule has 0 aliphatic heterocycles. The van der Waals surface area contributed by atoms with E-state index in [2.05, 4.69) is 9.51 Å². The van der Waals surface area contributed by atoms with Gasteiger partial charge in [-0.25, -0.2) is 9.55 Å². The highest BCUT2D eigenvalue weighted by molar-refractivity contribution is 7.52. The van der Waals surface area contributed by atoms with Gasteiger partial charge >= 0.3 is 7.60 Å². The lowest BCUT2D eigenvalue weighted by atomic mass is 10.5. The molecule has 0 spiro atoms. The monoisotopic (exact) mass is 189 g/mol. The van der Waals surface area contributed by atoms with E-state index in [0.717, 1.165) is 0 Å². The van der Waals surface area contributed by atoms with Crippen LogP contribution in [0.1, 0.15) is 0 Å². The van der Waals surface area contributed by atoms with E-state index in [9.17, 15) is 4.57 Å². The van der Waals surface area contributed by atoms with Gasteiger partial charge in [-0.05, 0) is 6.07 Å². The van der Waals surface area contributed by atoms with Crippen molar-refractivity contribution in [2.24, 2.45) is 0 Å². The molecule has 0 aromatic carbocycles. The van der Waals surface area contributed by atoms with E-state index in [1.807, 2.05) is 0 Å². The van der Waals surface area contributed by atoms with Crippen LogP contribution in [-0.2, 0) is 4.57 Å². The first-order chi connectivity index (χ1) is 5.64. The fraction of sp³-hybridized carbons (Fsp3) is 0.167. The van der Waals surface area contributed by atoms with Gasteiger partial charge < -0.3 is 14.5 Å². The van der Waals surface area contributed by atoms with Crippen molar-refractivity contribution < 1.29 is 19.1 Å². The number of pyridine rings is 1. The molecule has 12 heavy (non-hydrogen) atoms. The van der Waals surface area contributed by atoms with Crippen molar-refractivity contribution in [2.75, 3.05) is 6.35 Å². The van der Waals surface area contributed by atoms with E-state index < -0.39 is 13.9 Å². The van der Waals surface area contributed by atoms with Crippen LogP contribution in [0.15, 0.2) is 24.4 Å². The topological polar surface area (TPSA) is 79.7 Å². The quantitative estimate of drug-likeness (QED) is 0.680. The van der Waals surface area contributed by atoms with Crippen LogP contribution >= 0.6 is 7.60 Å². The van der Waals surface area contributed by atoms with Crippen LogP contribution in [0.2, 0.25) is 0 Å². The Morgan fingerprint density at radius 2 is 2.33 bits per heavy atom. The molecule has 1 atom stereocenters. The van der Waals surface area contributed by atoms with E-state index in [1.165, 1.54) is 12.3 Å². The maximum absolute atomic E-state index is 10.8. The Kier molecular flexibility index (Phi) is 2.81. The summed E-state index contributed by atoms with van der Waals surface area (Å²) in [5.74, 6) is 0.0254. The molecule has 0 fully saturated rings. The maximum Gasteiger partial charge on any atom is 0.403 e. The van der Waals surface area contributed by atoms with Crippen molar-refractivity contribution >= 4 is 7.60 Å². The lowest BCUT2D eigenvalue weighted by Gasteiger charge is -2.08. The van der Waals surface area contributed by atoms with Crippen LogP contribution in [0.5, 0.6) is 5.88 Å². The van der Waals surface area contributed by atoms with Gasteiger partial charge in [-0.15, -0.1) is 0 Å². The number of aromatic nitrogens is 1. The second-order valence-corrected chi connectivity index (χ2v) is 3.78. The third kappa shape index (κ3) is 2.62. The van der Waals surface area contributed by atoms with E-state index in [1.54, 1.807) is 12.1 Å². The standard InChI is InChI=1S/C6H8NO4P/c8-5-12(9,10)11-6-3-1-2-4-7-6/h1-4,8H,5H2,(H,9,10). The van der Waals surface area contributed by atoms with Crippen molar-refractivity contribution in [1.29, 1.82) is 0 Å². The Balaban J connectivity index is 2.71. The van der Waals surface area contributed by atoms with Crippen LogP contribution in [0.25, 0.3) is 0 Å². The molecule has 2 N–H and O–H groups in total. The molecule has 0 saturated carbocycles. The van der Waals surface area contributed by atoms with E-state index >= 15 is 0 Å². The zero-order valence-electron chi connectivity index (χ0n) is 6.12. The van der Waals surface area contributed by atoms with Crippen molar-refractivity contribution in [2.45, 2.75) is 0 Å². The number of hydrogen-bond donors (Lipinski definition) is 2. The minimum absolute atomic E-state index is 0.0254. The normalized spacial score (nSPS) is 15.2. The van der Waals surface area contributed by atoms with Gasteiger partial charge in [0, 0.05) is 12.3 Å². The molecule has 0 radical (unpaired) electrons. The largest absolute Gasteiger partial charge is 0.405 e. The summed E-state index contributed by atoms with van der Waals surface area (Å²) in [7, 11) is -3.90. The fourth-order valence-electron chi connectivity index (χ4n) is 0.576. The molecule has 0 saturated heterocycles. The first-order valence-corrected chi connectivity index (χ1v) is 4.93. The molecule has 5 nitrogen and oxygen atoms in total. The summed E-state index contributed by atoms with van der Waals surface area (Å²) in [6.07, 6.45) is 0.510. The Morgan fingerprint density at radius 1 is 1.58 bits per heavy atom. The van der Waals surface area contributed by atoms with Gasteiger partial charge in [0.2, 0.25) is 5.88 Å². The predicted molar refractivity (Wildman–Crippen MR) is 41.8 cm³/mol. The van der Waals surface area contributed by atoms with Gasteiger partial charge in [0.25, 0.3) is 0 Å². The summed E-state index contributed by atoms with van der Waals surface area (Å²) in [6, 6.07) is 4.69. The third-order valence-electron chi connectivity index (χ3n) is 1.05. The van der Waals surface area contributed by atoms with Crippen molar-refractivity contribution in [3.8, 4) is 5.88 Å². The molecule has 0 bridgehead atoms. The Hall–Kier alpha value is -0.900. The Bertz CT molecular complexity index is 289. The molecule has 0 amide bonds. The number of aliphatic hydroxyl groups is 1. The summed E-state index contributed by atoms with van der Waals surface area (Å²) in [5, 5.41) is 8.39. The van der Waals surface area contributed by atoms with E-state index in [-0.39, 0.29) is 5.88 Å². The summed E-state index contributed by atoms with van der Waals surface area (Å²) in [6.45, 7) is 0. The molecule has 1 heterocycles. The molecular formula is C6H8NO4P. The highest BCUT2D eigenvalue weighted by atomic mass is 31.2. The Labute approximate surface area is 69.2 Å². The number of nitrogens with zero attached hydrogens (tertiary/aromatic N) is 1. The molecule has 1 aromatic rings. The smallest absolute Gasteiger partial charge is 0.403 e. The highest BCUT2D eigenvalue weighted by Crippen LogP contribution is 2.39. The first-order valence-electron chi connectivity index (χ1n) is 3.17. The summed E-state index contributed by atoms with van der Waals surface area (Å²) in [5.41, 5.74) is 0. The molecule has 66 valence electrons. The average molecular weight is 189 g/mol. The van der Waals surface area contributed by atoms with Crippen LogP contribution < -0.4 is 4.52 Å². The van der Waals surface area contributed by atoms with Crippen molar-refractivity contribution in [3.63, 3.8) is 0 Å². The molecule has 1 aromatic heterocycles. The lowest BCUT2D eigenvalue weighted by Crippen LogP contribution is -1.97. The zero-order valence-corrected chi connectivity index (χ0v) is 7.02. The molecule has 1 unspecified atom stereocenters. The molecule has 0 aliphatic rings. The molecule has 1 rings (SSSR count). The minimum atomic E-state index is -3.90. The SMILES string of the molecule is O=P(O)(CO)Oc1ccccn1. The summed E-state index contributed by atoms with van der Waals surface area (Å²) in [4.78, 5) is 12.5. The average Bonchev–Trinajstić information content (AvgIpc) is 2.06. The van der Waals surface area contributed by atoms with Crippen molar-refractivity contribution in [3.05, 3.63) is 24.4 Å². The van der Waals surface area contributed by atoms with E-state index in [0.29, 0.717) is 0 Å². The molecule has 0 aliphatic carbocycles. The van der Waals surface area contributed by atoms with E-state index in [4.69, 9.17) is 10.00 Å². The van der Waals surface area contributed by atoms with Gasteiger partial charge in [0.15, 0.2) is 6.35 Å². The van der Waals surface area contributed by atoms with Gasteiger partial charge in [0.05, 0.1) is 0 Å². The van der Waals surface area contributed by atoms with Gasteiger partial charge in [0.1, 0.15) is 0 Å². The maximum atomic E-state index is 10.8. The fourth-order valence-corrected chi connectivity index (χ4v) is 1.03. The first kappa shape index (κ1) is 9.19. The van der Waals surface area contributed by atoms with Gasteiger partial charge in [-0.2, -0.15) is 0 Å². The van der Waals surface area contributed by atoms with Crippen LogP contribution in [0.3, 0.4) is 0 Å². The van der Waals surface area contributed by atoms with Crippen molar-refractivity contribution in [1.82, 2.24) is 4.98 Å². The molecular weight excluding hydrogens is 181 g/mol. The van der Waals surface area contributed by atoms with Crippen LogP contribution in [0.4, 0.5) is 0 Å². The van der Waals surface area contributed by atoms with Crippen LogP contribution in [-0.4, -0.2) is 21.3 Å². The molecule has 6 heteroatoms. The summed E-state index contributed by atoms with van der Waals surface area (Å²) >= 11 is 0. The number of aliphatic hydroxyl groups excluding tert-OH is 1. The number of rotatable bonds is 3. The second kappa shape index (κ2) is 3.67. The van der Waals surface area contributed by atoms with Gasteiger partial charge in [-0.1, -0.05) is 6.07 Å². The minimum Gasteiger partial charge on any atom is -0.405 e. The summed E-state index contributed by atoms with van der Waals surface area (Å²) < 4.78 is 15.3. The zero-order chi connectivity index (χ0) is 9.03. The lowest BCUT2D eigenvalue weighted by molar-refractivity contribution is 0.290. The second-order valence-electron chi connectivity index (χ2n) is 2.04. The predicted octanol–water partition coefficient (Wildman–Crippen LogP) is 0.596.